The fraction of sp³-hybridized carbons (Fsp3) is 0.533. The summed E-state index contributed by atoms with van der Waals surface area (Å²) in [6, 6.07) is 12.2. The normalized spacial score (nSPS) is 20.6. The first kappa shape index (κ1) is 26.5. The van der Waals surface area contributed by atoms with Crippen molar-refractivity contribution in [2.45, 2.75) is 76.7 Å². The number of aryl methyl sites for hydroxylation is 1. The Hall–Kier alpha value is -2.53. The molecule has 2 bridgehead atoms. The Bertz CT molecular complexity index is 1040. The van der Waals surface area contributed by atoms with Crippen LogP contribution in [0.5, 0.6) is 5.75 Å². The average Bonchev–Trinajstić information content (AvgIpc) is 2.91. The first-order valence-corrected chi connectivity index (χ1v) is 13.9. The molecular formula is C30H39ClN2O3. The zero-order valence-corrected chi connectivity index (χ0v) is 22.3. The SMILES string of the molecule is CN1CCCCCCCN2CCCCc3cc(Cl)ccc3COc3ccc(cc32)[C@@H](C=O)CCC1=O. The number of aldehydes is 1. The van der Waals surface area contributed by atoms with Crippen LogP contribution in [0.25, 0.3) is 0 Å². The maximum absolute atomic E-state index is 12.6. The molecule has 1 amide bonds. The monoisotopic (exact) mass is 510 g/mol. The number of carbonyl (C=O) groups is 2. The molecule has 2 aromatic rings. The number of nitrogens with zero attached hydrogens (tertiary/aromatic N) is 2. The lowest BCUT2D eigenvalue weighted by molar-refractivity contribution is -0.130. The Labute approximate surface area is 220 Å². The van der Waals surface area contributed by atoms with Crippen molar-refractivity contribution in [2.75, 3.05) is 31.6 Å². The summed E-state index contributed by atoms with van der Waals surface area (Å²) in [5, 5.41) is 0.767. The zero-order valence-electron chi connectivity index (χ0n) is 21.5. The standard InChI is InChI=1S/C30H39ClN2O3/c1-32-16-6-3-2-4-7-17-33-18-8-5-9-23-19-27(31)13-10-26(23)22-36-29-14-11-24(20-28(29)33)25(21-34)12-15-30(32)35/h10-11,13-14,19-21,25H,2-9,12,15-18,22H2,1H3/t25-/m1/s1. The molecule has 0 aliphatic carbocycles. The van der Waals surface area contributed by atoms with Crippen LogP contribution in [0.3, 0.4) is 0 Å². The molecule has 5 nitrogen and oxygen atoms in total. The molecule has 0 saturated heterocycles. The summed E-state index contributed by atoms with van der Waals surface area (Å²) >= 11 is 6.29. The van der Waals surface area contributed by atoms with E-state index in [1.54, 1.807) is 0 Å². The molecule has 0 unspecified atom stereocenters. The topological polar surface area (TPSA) is 49.9 Å². The van der Waals surface area contributed by atoms with Gasteiger partial charge in [0.2, 0.25) is 5.91 Å². The average molecular weight is 511 g/mol. The van der Waals surface area contributed by atoms with Gasteiger partial charge in [-0.3, -0.25) is 4.79 Å². The fourth-order valence-electron chi connectivity index (χ4n) is 5.32. The van der Waals surface area contributed by atoms with Crippen LogP contribution in [0.1, 0.15) is 80.4 Å². The third-order valence-corrected chi connectivity index (χ3v) is 7.84. The molecule has 2 aromatic carbocycles. The highest BCUT2D eigenvalue weighted by molar-refractivity contribution is 6.30. The van der Waals surface area contributed by atoms with Crippen LogP contribution in [-0.2, 0) is 22.6 Å². The minimum Gasteiger partial charge on any atom is -0.487 e. The zero-order chi connectivity index (χ0) is 25.3. The highest BCUT2D eigenvalue weighted by Gasteiger charge is 2.21. The molecule has 2 aliphatic rings. The number of benzene rings is 2. The smallest absolute Gasteiger partial charge is 0.222 e. The summed E-state index contributed by atoms with van der Waals surface area (Å²) < 4.78 is 6.42. The van der Waals surface area contributed by atoms with E-state index >= 15 is 0 Å². The van der Waals surface area contributed by atoms with Crippen LogP contribution >= 0.6 is 11.6 Å². The molecule has 4 rings (SSSR count). The van der Waals surface area contributed by atoms with Crippen LogP contribution in [-0.4, -0.2) is 43.8 Å². The second-order valence-electron chi connectivity index (χ2n) is 10.2. The van der Waals surface area contributed by atoms with E-state index in [4.69, 9.17) is 16.3 Å². The van der Waals surface area contributed by atoms with Gasteiger partial charge in [0.1, 0.15) is 18.6 Å². The molecule has 0 spiro atoms. The Morgan fingerprint density at radius 2 is 1.64 bits per heavy atom. The van der Waals surface area contributed by atoms with Crippen LogP contribution < -0.4 is 9.64 Å². The van der Waals surface area contributed by atoms with Crippen molar-refractivity contribution in [2.24, 2.45) is 0 Å². The van der Waals surface area contributed by atoms with Crippen molar-refractivity contribution in [3.8, 4) is 5.75 Å². The van der Waals surface area contributed by atoms with Crippen LogP contribution in [0.2, 0.25) is 5.02 Å². The number of amides is 1. The first-order chi connectivity index (χ1) is 17.5. The summed E-state index contributed by atoms with van der Waals surface area (Å²) in [7, 11) is 1.88. The predicted octanol–water partition coefficient (Wildman–Crippen LogP) is 6.55. The lowest BCUT2D eigenvalue weighted by atomic mass is 9.94. The van der Waals surface area contributed by atoms with E-state index in [-0.39, 0.29) is 11.8 Å². The van der Waals surface area contributed by atoms with E-state index < -0.39 is 0 Å². The quantitative estimate of drug-likeness (QED) is 0.408. The molecule has 194 valence electrons. The van der Waals surface area contributed by atoms with Crippen molar-refractivity contribution in [3.63, 3.8) is 0 Å². The van der Waals surface area contributed by atoms with E-state index in [9.17, 15) is 9.59 Å². The Morgan fingerprint density at radius 3 is 2.44 bits per heavy atom. The van der Waals surface area contributed by atoms with Gasteiger partial charge in [-0.05, 0) is 79.5 Å². The van der Waals surface area contributed by atoms with Gasteiger partial charge in [-0.25, -0.2) is 0 Å². The molecule has 2 aliphatic heterocycles. The van der Waals surface area contributed by atoms with Gasteiger partial charge in [-0.15, -0.1) is 0 Å². The highest BCUT2D eigenvalue weighted by Crippen LogP contribution is 2.35. The molecule has 0 N–H and O–H groups in total. The number of ether oxygens (including phenoxy) is 1. The highest BCUT2D eigenvalue weighted by atomic mass is 35.5. The Balaban J connectivity index is 1.65. The van der Waals surface area contributed by atoms with E-state index in [0.29, 0.717) is 19.4 Å². The molecule has 0 fully saturated rings. The number of hydrogen-bond acceptors (Lipinski definition) is 4. The summed E-state index contributed by atoms with van der Waals surface area (Å²) in [5.74, 6) is 0.666. The van der Waals surface area contributed by atoms with Gasteiger partial charge in [-0.1, -0.05) is 43.0 Å². The second kappa shape index (κ2) is 13.1. The predicted molar refractivity (Wildman–Crippen MR) is 146 cm³/mol. The van der Waals surface area contributed by atoms with Crippen molar-refractivity contribution in [1.82, 2.24) is 4.90 Å². The Kier molecular flexibility index (Phi) is 9.68. The first-order valence-electron chi connectivity index (χ1n) is 13.5. The third kappa shape index (κ3) is 7.03. The van der Waals surface area contributed by atoms with Gasteiger partial charge in [0.25, 0.3) is 0 Å². The summed E-state index contributed by atoms with van der Waals surface area (Å²) in [6.45, 7) is 3.21. The maximum atomic E-state index is 12.6. The minimum absolute atomic E-state index is 0.118. The van der Waals surface area contributed by atoms with E-state index in [1.165, 1.54) is 24.0 Å². The maximum Gasteiger partial charge on any atom is 0.222 e. The molecule has 0 saturated carbocycles. The molecule has 2 heterocycles. The molecule has 6 heteroatoms. The van der Waals surface area contributed by atoms with Gasteiger partial charge < -0.3 is 19.3 Å². The number of anilines is 1. The third-order valence-electron chi connectivity index (χ3n) is 7.61. The van der Waals surface area contributed by atoms with Gasteiger partial charge in [-0.2, -0.15) is 0 Å². The molecule has 0 aromatic heterocycles. The van der Waals surface area contributed by atoms with E-state index in [1.807, 2.05) is 30.1 Å². The summed E-state index contributed by atoms with van der Waals surface area (Å²) in [5.41, 5.74) is 4.45. The van der Waals surface area contributed by atoms with Crippen LogP contribution in [0.15, 0.2) is 36.4 Å². The fourth-order valence-corrected chi connectivity index (χ4v) is 5.51. The van der Waals surface area contributed by atoms with Gasteiger partial charge in [0, 0.05) is 44.0 Å². The second-order valence-corrected chi connectivity index (χ2v) is 10.7. The number of halogens is 1. The number of fused-ring (bicyclic) bond motifs is 2. The van der Waals surface area contributed by atoms with Gasteiger partial charge >= 0.3 is 0 Å². The number of hydrogen-bond donors (Lipinski definition) is 0. The number of carbonyl (C=O) groups excluding carboxylic acids is 2. The van der Waals surface area contributed by atoms with Crippen molar-refractivity contribution in [3.05, 3.63) is 58.1 Å². The largest absolute Gasteiger partial charge is 0.487 e. The lowest BCUT2D eigenvalue weighted by Gasteiger charge is -2.28. The number of rotatable bonds is 1. The molecule has 0 radical (unpaired) electrons. The van der Waals surface area contributed by atoms with Gasteiger partial charge in [0.15, 0.2) is 0 Å². The van der Waals surface area contributed by atoms with Crippen LogP contribution in [0.4, 0.5) is 5.69 Å². The Morgan fingerprint density at radius 1 is 0.889 bits per heavy atom. The summed E-state index contributed by atoms with van der Waals surface area (Å²) in [6.07, 6.45) is 10.7. The van der Waals surface area contributed by atoms with Gasteiger partial charge in [0.05, 0.1) is 5.69 Å². The molecular weight excluding hydrogens is 472 g/mol. The van der Waals surface area contributed by atoms with Crippen LogP contribution in [0, 0.1) is 0 Å². The minimum atomic E-state index is -0.302. The lowest BCUT2D eigenvalue weighted by Crippen LogP contribution is -2.28. The van der Waals surface area contributed by atoms with Crippen molar-refractivity contribution >= 4 is 29.5 Å². The summed E-state index contributed by atoms with van der Waals surface area (Å²) in [4.78, 5) is 29.0. The molecule has 36 heavy (non-hydrogen) atoms. The van der Waals surface area contributed by atoms with E-state index in [0.717, 1.165) is 86.5 Å². The molecule has 1 atom stereocenters. The van der Waals surface area contributed by atoms with Crippen molar-refractivity contribution in [1.29, 1.82) is 0 Å². The van der Waals surface area contributed by atoms with E-state index in [2.05, 4.69) is 23.1 Å². The van der Waals surface area contributed by atoms with Crippen molar-refractivity contribution < 1.29 is 14.3 Å².